The van der Waals surface area contributed by atoms with Crippen LogP contribution in [0.2, 0.25) is 0 Å². The van der Waals surface area contributed by atoms with Crippen molar-refractivity contribution in [2.24, 2.45) is 0 Å². The first-order chi connectivity index (χ1) is 16.6. The Morgan fingerprint density at radius 2 is 1.91 bits per heavy atom. The lowest BCUT2D eigenvalue weighted by molar-refractivity contribution is -0.140. The molecule has 0 saturated carbocycles. The van der Waals surface area contributed by atoms with Crippen molar-refractivity contribution in [2.45, 2.75) is 63.7 Å². The highest BCUT2D eigenvalue weighted by Crippen LogP contribution is 2.23. The van der Waals surface area contributed by atoms with Crippen molar-refractivity contribution in [1.29, 1.82) is 0 Å². The molecule has 0 radical (unpaired) electrons. The Hall–Kier alpha value is -3.12. The topological polar surface area (TPSA) is 76.1 Å². The molecule has 3 rings (SSSR count). The highest BCUT2D eigenvalue weighted by atomic mass is 16.5. The number of nitrogens with zero attached hydrogens (tertiary/aromatic N) is 1. The summed E-state index contributed by atoms with van der Waals surface area (Å²) in [6, 6.07) is 17.4. The number of ether oxygens (including phenoxy) is 2. The number of rotatable bonds is 13. The molecule has 0 aromatic heterocycles. The number of amides is 1. The van der Waals surface area contributed by atoms with Crippen LogP contribution in [-0.2, 0) is 20.9 Å². The zero-order chi connectivity index (χ0) is 24.2. The van der Waals surface area contributed by atoms with Crippen LogP contribution in [0.15, 0.2) is 66.7 Å². The molecule has 6 nitrogen and oxygen atoms in total. The molecular formula is C28H35NO5. The third-order valence-electron chi connectivity index (χ3n) is 6.09. The van der Waals surface area contributed by atoms with Crippen molar-refractivity contribution in [3.8, 4) is 5.75 Å². The SMILES string of the molecule is COC(=O)CCCCCCN1C(=O)CCC1/C=C/[C@@H](O)c1cccc(COc2ccccc2)c1. The highest BCUT2D eigenvalue weighted by Gasteiger charge is 2.28. The maximum atomic E-state index is 12.3. The van der Waals surface area contributed by atoms with Gasteiger partial charge in [0.25, 0.3) is 0 Å². The monoisotopic (exact) mass is 465 g/mol. The average Bonchev–Trinajstić information content (AvgIpc) is 3.23. The van der Waals surface area contributed by atoms with Crippen LogP contribution in [0.3, 0.4) is 0 Å². The molecule has 0 spiro atoms. The van der Waals surface area contributed by atoms with E-state index in [0.29, 0.717) is 26.0 Å². The van der Waals surface area contributed by atoms with Gasteiger partial charge in [-0.3, -0.25) is 9.59 Å². The number of aliphatic hydroxyl groups excluding tert-OH is 1. The molecule has 0 bridgehead atoms. The van der Waals surface area contributed by atoms with Gasteiger partial charge >= 0.3 is 5.97 Å². The second kappa shape index (κ2) is 13.6. The molecule has 1 N–H and O–H groups in total. The number of carbonyl (C=O) groups is 2. The quantitative estimate of drug-likeness (QED) is 0.257. The molecule has 182 valence electrons. The number of esters is 1. The van der Waals surface area contributed by atoms with Gasteiger partial charge in [0, 0.05) is 19.4 Å². The summed E-state index contributed by atoms with van der Waals surface area (Å²) in [4.78, 5) is 25.4. The van der Waals surface area contributed by atoms with Crippen molar-refractivity contribution < 1.29 is 24.2 Å². The van der Waals surface area contributed by atoms with E-state index in [1.54, 1.807) is 6.08 Å². The lowest BCUT2D eigenvalue weighted by atomic mass is 10.0. The summed E-state index contributed by atoms with van der Waals surface area (Å²) in [5.41, 5.74) is 1.78. The summed E-state index contributed by atoms with van der Waals surface area (Å²) >= 11 is 0. The second-order valence-electron chi connectivity index (χ2n) is 8.61. The molecule has 1 amide bonds. The number of para-hydroxylation sites is 1. The number of hydrogen-bond donors (Lipinski definition) is 1. The van der Waals surface area contributed by atoms with Gasteiger partial charge in [0.15, 0.2) is 0 Å². The van der Waals surface area contributed by atoms with Gasteiger partial charge in [-0.15, -0.1) is 0 Å². The Morgan fingerprint density at radius 1 is 1.12 bits per heavy atom. The van der Waals surface area contributed by atoms with E-state index in [4.69, 9.17) is 4.74 Å². The standard InChI is InChI=1S/C28H35NO5/c1-33-28(32)14-7-2-3-8-19-29-24(16-18-27(29)31)15-17-26(30)23-11-9-10-22(20-23)21-34-25-12-5-4-6-13-25/h4-6,9-13,15,17,20,24,26,30H,2-3,7-8,14,16,18-19,21H2,1H3/b17-15+/t24?,26-/m1/s1. The first kappa shape index (κ1) is 25.5. The summed E-state index contributed by atoms with van der Waals surface area (Å²) in [7, 11) is 1.41. The number of carbonyl (C=O) groups excluding carboxylic acids is 2. The minimum absolute atomic E-state index is 0.0156. The molecule has 2 atom stereocenters. The number of likely N-dealkylation sites (tertiary alicyclic amines) is 1. The average molecular weight is 466 g/mol. The van der Waals surface area contributed by atoms with E-state index in [1.807, 2.05) is 65.6 Å². The Labute approximate surface area is 202 Å². The molecule has 2 aromatic rings. The largest absolute Gasteiger partial charge is 0.489 e. The number of methoxy groups -OCH3 is 1. The third kappa shape index (κ3) is 8.03. The normalized spacial score (nSPS) is 16.7. The van der Waals surface area contributed by atoms with Crippen LogP contribution in [0, 0.1) is 0 Å². The van der Waals surface area contributed by atoms with E-state index in [9.17, 15) is 14.7 Å². The van der Waals surface area contributed by atoms with Gasteiger partial charge in [0.1, 0.15) is 12.4 Å². The molecule has 1 fully saturated rings. The molecule has 2 aromatic carbocycles. The fourth-order valence-electron chi connectivity index (χ4n) is 4.15. The van der Waals surface area contributed by atoms with Gasteiger partial charge in [-0.1, -0.05) is 61.4 Å². The van der Waals surface area contributed by atoms with Gasteiger partial charge in [-0.25, -0.2) is 0 Å². The molecule has 1 saturated heterocycles. The van der Waals surface area contributed by atoms with E-state index >= 15 is 0 Å². The van der Waals surface area contributed by atoms with Gasteiger partial charge in [-0.2, -0.15) is 0 Å². The Balaban J connectivity index is 1.47. The zero-order valence-electron chi connectivity index (χ0n) is 19.9. The van der Waals surface area contributed by atoms with E-state index in [-0.39, 0.29) is 17.9 Å². The van der Waals surface area contributed by atoms with Crippen molar-refractivity contribution in [1.82, 2.24) is 4.90 Å². The first-order valence-electron chi connectivity index (χ1n) is 12.1. The zero-order valence-corrected chi connectivity index (χ0v) is 19.9. The molecule has 1 aliphatic rings. The molecule has 0 aliphatic carbocycles. The van der Waals surface area contributed by atoms with Gasteiger partial charge in [0.2, 0.25) is 5.91 Å². The first-order valence-corrected chi connectivity index (χ1v) is 12.1. The lowest BCUT2D eigenvalue weighted by Crippen LogP contribution is -2.32. The Morgan fingerprint density at radius 3 is 2.71 bits per heavy atom. The molecule has 1 aliphatic heterocycles. The number of hydrogen-bond acceptors (Lipinski definition) is 5. The van der Waals surface area contributed by atoms with Crippen LogP contribution in [0.4, 0.5) is 0 Å². The molecule has 1 heterocycles. The maximum Gasteiger partial charge on any atom is 0.305 e. The van der Waals surface area contributed by atoms with Gasteiger partial charge < -0.3 is 19.5 Å². The van der Waals surface area contributed by atoms with Crippen LogP contribution in [0.25, 0.3) is 0 Å². The van der Waals surface area contributed by atoms with Crippen LogP contribution >= 0.6 is 0 Å². The summed E-state index contributed by atoms with van der Waals surface area (Å²) in [6.45, 7) is 1.13. The summed E-state index contributed by atoms with van der Waals surface area (Å²) in [5, 5.41) is 10.7. The fraction of sp³-hybridized carbons (Fsp3) is 0.429. The van der Waals surface area contributed by atoms with Crippen molar-refractivity contribution >= 4 is 11.9 Å². The minimum atomic E-state index is -0.743. The summed E-state index contributed by atoms with van der Waals surface area (Å²) in [5.74, 6) is 0.800. The van der Waals surface area contributed by atoms with Gasteiger partial charge in [0.05, 0.1) is 19.3 Å². The maximum absolute atomic E-state index is 12.3. The van der Waals surface area contributed by atoms with E-state index in [2.05, 4.69) is 4.74 Å². The number of benzene rings is 2. The summed E-state index contributed by atoms with van der Waals surface area (Å²) in [6.07, 6.45) is 8.39. The molecule has 6 heteroatoms. The predicted octanol–water partition coefficient (Wildman–Crippen LogP) is 4.97. The van der Waals surface area contributed by atoms with E-state index in [0.717, 1.165) is 49.0 Å². The summed E-state index contributed by atoms with van der Waals surface area (Å²) < 4.78 is 10.5. The number of unbranched alkanes of at least 4 members (excludes halogenated alkanes) is 3. The van der Waals surface area contributed by atoms with E-state index in [1.165, 1.54) is 7.11 Å². The fourth-order valence-corrected chi connectivity index (χ4v) is 4.15. The number of aliphatic hydroxyl groups is 1. The van der Waals surface area contributed by atoms with Crippen molar-refractivity contribution in [3.63, 3.8) is 0 Å². The minimum Gasteiger partial charge on any atom is -0.489 e. The van der Waals surface area contributed by atoms with Gasteiger partial charge in [-0.05, 0) is 48.6 Å². The smallest absolute Gasteiger partial charge is 0.305 e. The Kier molecular flexibility index (Phi) is 10.2. The van der Waals surface area contributed by atoms with Crippen LogP contribution < -0.4 is 4.74 Å². The second-order valence-corrected chi connectivity index (χ2v) is 8.61. The van der Waals surface area contributed by atoms with Crippen LogP contribution in [0.5, 0.6) is 5.75 Å². The lowest BCUT2D eigenvalue weighted by Gasteiger charge is -2.22. The Bertz CT molecular complexity index is 943. The van der Waals surface area contributed by atoms with Crippen LogP contribution in [0.1, 0.15) is 62.2 Å². The molecular weight excluding hydrogens is 430 g/mol. The van der Waals surface area contributed by atoms with Crippen molar-refractivity contribution in [2.75, 3.05) is 13.7 Å². The van der Waals surface area contributed by atoms with Crippen LogP contribution in [-0.4, -0.2) is 41.6 Å². The predicted molar refractivity (Wildman–Crippen MR) is 131 cm³/mol. The van der Waals surface area contributed by atoms with E-state index < -0.39 is 6.10 Å². The third-order valence-corrected chi connectivity index (χ3v) is 6.09. The highest BCUT2D eigenvalue weighted by molar-refractivity contribution is 5.79. The van der Waals surface area contributed by atoms with Crippen molar-refractivity contribution in [3.05, 3.63) is 77.9 Å². The molecule has 34 heavy (non-hydrogen) atoms. The molecule has 1 unspecified atom stereocenters.